The Kier molecular flexibility index (Phi) is 8.03. The highest BCUT2D eigenvalue weighted by atomic mass is 32.2. The third-order valence-corrected chi connectivity index (χ3v) is 9.85. The number of ether oxygens (including phenoxy) is 2. The van der Waals surface area contributed by atoms with Gasteiger partial charge < -0.3 is 18.9 Å². The zero-order valence-corrected chi connectivity index (χ0v) is 24.0. The first kappa shape index (κ1) is 27.7. The van der Waals surface area contributed by atoms with E-state index in [0.29, 0.717) is 51.4 Å². The second kappa shape index (κ2) is 11.3. The summed E-state index contributed by atoms with van der Waals surface area (Å²) >= 11 is 0. The number of benzene rings is 2. The molecule has 1 saturated carbocycles. The van der Waals surface area contributed by atoms with Crippen LogP contribution in [0.3, 0.4) is 0 Å². The Morgan fingerprint density at radius 3 is 2.44 bits per heavy atom. The van der Waals surface area contributed by atoms with E-state index in [1.165, 1.54) is 0 Å². The molecule has 0 radical (unpaired) electrons. The fourth-order valence-electron chi connectivity index (χ4n) is 5.94. The first-order valence-corrected chi connectivity index (χ1v) is 15.3. The molecule has 39 heavy (non-hydrogen) atoms. The Balaban J connectivity index is 1.26. The SMILES string of the molecule is COc1ccc(-c2cc3ccc(S(=O)(=O)NC4CCC(C(=O)N5CCOC[C@@H]5C(C)C)CC4)cc3n2C)cc1. The summed E-state index contributed by atoms with van der Waals surface area (Å²) in [6.45, 7) is 6.05. The van der Waals surface area contributed by atoms with Gasteiger partial charge in [0.25, 0.3) is 0 Å². The largest absolute Gasteiger partial charge is 0.497 e. The minimum Gasteiger partial charge on any atom is -0.497 e. The molecular weight excluding hydrogens is 514 g/mol. The minimum atomic E-state index is -3.70. The van der Waals surface area contributed by atoms with Crippen molar-refractivity contribution in [2.24, 2.45) is 18.9 Å². The van der Waals surface area contributed by atoms with E-state index in [4.69, 9.17) is 9.47 Å². The van der Waals surface area contributed by atoms with Gasteiger partial charge >= 0.3 is 0 Å². The summed E-state index contributed by atoms with van der Waals surface area (Å²) in [5, 5.41) is 0.976. The van der Waals surface area contributed by atoms with Crippen LogP contribution in [0.5, 0.6) is 5.75 Å². The lowest BCUT2D eigenvalue weighted by Gasteiger charge is -2.41. The smallest absolute Gasteiger partial charge is 0.240 e. The number of carbonyl (C=O) groups is 1. The van der Waals surface area contributed by atoms with Gasteiger partial charge in [-0.15, -0.1) is 0 Å². The summed E-state index contributed by atoms with van der Waals surface area (Å²) in [6, 6.07) is 15.1. The average molecular weight is 554 g/mol. The molecule has 0 spiro atoms. The maximum absolute atomic E-state index is 13.4. The van der Waals surface area contributed by atoms with Crippen molar-refractivity contribution in [1.82, 2.24) is 14.2 Å². The first-order chi connectivity index (χ1) is 18.7. The number of aryl methyl sites for hydroxylation is 1. The lowest BCUT2D eigenvalue weighted by Crippen LogP contribution is -2.53. The zero-order valence-electron chi connectivity index (χ0n) is 23.2. The molecule has 5 rings (SSSR count). The number of fused-ring (bicyclic) bond motifs is 1. The number of nitrogens with zero attached hydrogens (tertiary/aromatic N) is 2. The molecule has 1 saturated heterocycles. The van der Waals surface area contributed by atoms with Crippen LogP contribution < -0.4 is 9.46 Å². The van der Waals surface area contributed by atoms with Gasteiger partial charge in [-0.1, -0.05) is 19.9 Å². The van der Waals surface area contributed by atoms with Gasteiger partial charge in [0.1, 0.15) is 5.75 Å². The Morgan fingerprint density at radius 2 is 1.77 bits per heavy atom. The number of morpholine rings is 1. The van der Waals surface area contributed by atoms with Crippen LogP contribution in [0, 0.1) is 11.8 Å². The highest BCUT2D eigenvalue weighted by molar-refractivity contribution is 7.89. The number of amides is 1. The third-order valence-electron chi connectivity index (χ3n) is 8.33. The lowest BCUT2D eigenvalue weighted by atomic mass is 9.85. The number of methoxy groups -OCH3 is 1. The normalized spacial score (nSPS) is 22.4. The van der Waals surface area contributed by atoms with Gasteiger partial charge in [-0.25, -0.2) is 13.1 Å². The van der Waals surface area contributed by atoms with Crippen molar-refractivity contribution in [3.63, 3.8) is 0 Å². The van der Waals surface area contributed by atoms with E-state index in [1.807, 2.05) is 46.8 Å². The molecule has 0 bridgehead atoms. The van der Waals surface area contributed by atoms with E-state index in [0.717, 1.165) is 27.9 Å². The highest BCUT2D eigenvalue weighted by Crippen LogP contribution is 2.32. The van der Waals surface area contributed by atoms with Gasteiger partial charge in [0.2, 0.25) is 15.9 Å². The Bertz CT molecular complexity index is 1420. The summed E-state index contributed by atoms with van der Waals surface area (Å²) in [4.78, 5) is 15.5. The maximum atomic E-state index is 13.4. The topological polar surface area (TPSA) is 89.9 Å². The fourth-order valence-corrected chi connectivity index (χ4v) is 7.27. The van der Waals surface area contributed by atoms with Crippen LogP contribution in [0.15, 0.2) is 53.4 Å². The number of hydrogen-bond donors (Lipinski definition) is 1. The van der Waals surface area contributed by atoms with Gasteiger partial charge in [-0.05, 0) is 79.6 Å². The number of sulfonamides is 1. The molecule has 8 nitrogen and oxygen atoms in total. The summed E-state index contributed by atoms with van der Waals surface area (Å²) in [6.07, 6.45) is 2.69. The summed E-state index contributed by atoms with van der Waals surface area (Å²) in [5.41, 5.74) is 2.88. The molecule has 1 N–H and O–H groups in total. The van der Waals surface area contributed by atoms with E-state index < -0.39 is 10.0 Å². The number of nitrogens with one attached hydrogen (secondary N) is 1. The summed E-state index contributed by atoms with van der Waals surface area (Å²) in [5.74, 6) is 1.27. The summed E-state index contributed by atoms with van der Waals surface area (Å²) < 4.78 is 42.5. The lowest BCUT2D eigenvalue weighted by molar-refractivity contribution is -0.147. The van der Waals surface area contributed by atoms with Crippen molar-refractivity contribution in [3.05, 3.63) is 48.5 Å². The van der Waals surface area contributed by atoms with Gasteiger partial charge in [0.15, 0.2) is 0 Å². The second-order valence-corrected chi connectivity index (χ2v) is 12.8. The quantitative estimate of drug-likeness (QED) is 0.463. The molecule has 1 aliphatic carbocycles. The predicted octanol–water partition coefficient (Wildman–Crippen LogP) is 4.57. The standard InChI is InChI=1S/C30H39N3O5S/c1-20(2)29-19-38-16-15-33(29)30(34)22-5-10-24(11-6-22)31-39(35,36)26-14-9-23-17-27(32(3)28(23)18-26)21-7-12-25(37-4)13-8-21/h7-9,12-14,17-18,20,22,24,29,31H,5-6,10-11,15-16,19H2,1-4H3/t22?,24?,29-/m1/s1. The predicted molar refractivity (Wildman–Crippen MR) is 152 cm³/mol. The van der Waals surface area contributed by atoms with Crippen LogP contribution >= 0.6 is 0 Å². The molecule has 1 aliphatic heterocycles. The van der Waals surface area contributed by atoms with E-state index in [1.54, 1.807) is 19.2 Å². The van der Waals surface area contributed by atoms with Crippen LogP contribution in [-0.4, -0.2) is 62.7 Å². The van der Waals surface area contributed by atoms with Crippen LogP contribution in [-0.2, 0) is 26.6 Å². The molecular formula is C30H39N3O5S. The van der Waals surface area contributed by atoms with E-state index in [2.05, 4.69) is 24.6 Å². The summed E-state index contributed by atoms with van der Waals surface area (Å²) in [7, 11) is -0.116. The Morgan fingerprint density at radius 1 is 1.05 bits per heavy atom. The molecule has 210 valence electrons. The number of carbonyl (C=O) groups excluding carboxylic acids is 1. The van der Waals surface area contributed by atoms with Crippen LogP contribution in [0.1, 0.15) is 39.5 Å². The highest BCUT2D eigenvalue weighted by Gasteiger charge is 2.36. The Hall–Kier alpha value is -2.88. The molecule has 1 amide bonds. The molecule has 0 unspecified atom stereocenters. The monoisotopic (exact) mass is 553 g/mol. The van der Waals surface area contributed by atoms with E-state index >= 15 is 0 Å². The van der Waals surface area contributed by atoms with Crippen molar-refractivity contribution in [3.8, 4) is 17.0 Å². The van der Waals surface area contributed by atoms with Crippen molar-refractivity contribution in [1.29, 1.82) is 0 Å². The first-order valence-electron chi connectivity index (χ1n) is 13.8. The number of aromatic nitrogens is 1. The van der Waals surface area contributed by atoms with E-state index in [9.17, 15) is 13.2 Å². The second-order valence-electron chi connectivity index (χ2n) is 11.1. The molecule has 2 fully saturated rings. The van der Waals surface area contributed by atoms with Crippen molar-refractivity contribution < 1.29 is 22.7 Å². The third kappa shape index (κ3) is 5.71. The Labute approximate surface area is 231 Å². The van der Waals surface area contributed by atoms with Gasteiger partial charge in [-0.2, -0.15) is 0 Å². The molecule has 1 atom stereocenters. The molecule has 9 heteroatoms. The van der Waals surface area contributed by atoms with Crippen molar-refractivity contribution >= 4 is 26.8 Å². The fraction of sp³-hybridized carbons (Fsp3) is 0.500. The molecule has 1 aromatic heterocycles. The van der Waals surface area contributed by atoms with Crippen LogP contribution in [0.2, 0.25) is 0 Å². The number of rotatable bonds is 7. The average Bonchev–Trinajstić information content (AvgIpc) is 3.28. The molecule has 3 aromatic rings. The van der Waals surface area contributed by atoms with Crippen molar-refractivity contribution in [2.75, 3.05) is 26.9 Å². The number of hydrogen-bond acceptors (Lipinski definition) is 5. The maximum Gasteiger partial charge on any atom is 0.240 e. The van der Waals surface area contributed by atoms with Crippen LogP contribution in [0.25, 0.3) is 22.2 Å². The van der Waals surface area contributed by atoms with Crippen LogP contribution in [0.4, 0.5) is 0 Å². The van der Waals surface area contributed by atoms with Gasteiger partial charge in [0.05, 0.1) is 31.3 Å². The van der Waals surface area contributed by atoms with Crippen molar-refractivity contribution in [2.45, 2.75) is 56.5 Å². The van der Waals surface area contributed by atoms with Gasteiger partial charge in [0, 0.05) is 42.1 Å². The molecule has 2 aromatic carbocycles. The minimum absolute atomic E-state index is 0.0544. The molecule has 2 heterocycles. The van der Waals surface area contributed by atoms with E-state index in [-0.39, 0.29) is 28.8 Å². The molecule has 2 aliphatic rings. The van der Waals surface area contributed by atoms with Gasteiger partial charge in [-0.3, -0.25) is 4.79 Å². The zero-order chi connectivity index (χ0) is 27.7.